The molecular formula is C18H20N4O. The highest BCUT2D eigenvalue weighted by atomic mass is 16.2. The van der Waals surface area contributed by atoms with Gasteiger partial charge in [0, 0.05) is 30.1 Å². The van der Waals surface area contributed by atoms with Gasteiger partial charge in [0.15, 0.2) is 0 Å². The highest BCUT2D eigenvalue weighted by molar-refractivity contribution is 5.94. The van der Waals surface area contributed by atoms with Crippen molar-refractivity contribution in [1.82, 2.24) is 9.88 Å². The molecular weight excluding hydrogens is 288 g/mol. The maximum atomic E-state index is 12.2. The summed E-state index contributed by atoms with van der Waals surface area (Å²) in [6, 6.07) is 9.91. The van der Waals surface area contributed by atoms with Crippen LogP contribution in [0.2, 0.25) is 0 Å². The number of nitriles is 1. The maximum absolute atomic E-state index is 12.2. The number of pyridine rings is 1. The fourth-order valence-electron chi connectivity index (χ4n) is 3.04. The SMILES string of the molecule is CC(C)(C)N1CC(Nc2c(C#N)cnc3ccccc23)CC1=O. The van der Waals surface area contributed by atoms with Gasteiger partial charge in [0.1, 0.15) is 6.07 Å². The Labute approximate surface area is 135 Å². The quantitative estimate of drug-likeness (QED) is 0.926. The summed E-state index contributed by atoms with van der Waals surface area (Å²) in [7, 11) is 0. The molecule has 3 rings (SSSR count). The Balaban J connectivity index is 1.94. The first kappa shape index (κ1) is 15.3. The van der Waals surface area contributed by atoms with E-state index in [0.29, 0.717) is 18.5 Å². The molecule has 1 amide bonds. The van der Waals surface area contributed by atoms with Gasteiger partial charge in [0.2, 0.25) is 5.91 Å². The molecule has 1 unspecified atom stereocenters. The summed E-state index contributed by atoms with van der Waals surface area (Å²) in [6.07, 6.45) is 2.03. The lowest BCUT2D eigenvalue weighted by Gasteiger charge is -2.32. The number of rotatable bonds is 2. The highest BCUT2D eigenvalue weighted by Crippen LogP contribution is 2.29. The molecule has 1 aromatic carbocycles. The highest BCUT2D eigenvalue weighted by Gasteiger charge is 2.36. The van der Waals surface area contributed by atoms with Crippen LogP contribution in [0.25, 0.3) is 10.9 Å². The Morgan fingerprint density at radius 1 is 1.35 bits per heavy atom. The van der Waals surface area contributed by atoms with E-state index in [-0.39, 0.29) is 17.5 Å². The van der Waals surface area contributed by atoms with Gasteiger partial charge >= 0.3 is 0 Å². The van der Waals surface area contributed by atoms with Crippen LogP contribution in [-0.2, 0) is 4.79 Å². The third-order valence-corrected chi connectivity index (χ3v) is 4.18. The Bertz CT molecular complexity index is 801. The van der Waals surface area contributed by atoms with Gasteiger partial charge in [-0.05, 0) is 26.8 Å². The number of likely N-dealkylation sites (tertiary alicyclic amines) is 1. The van der Waals surface area contributed by atoms with Crippen LogP contribution in [0.3, 0.4) is 0 Å². The molecule has 0 spiro atoms. The molecule has 1 aromatic heterocycles. The third kappa shape index (κ3) is 2.85. The molecule has 5 nitrogen and oxygen atoms in total. The fourth-order valence-corrected chi connectivity index (χ4v) is 3.04. The van der Waals surface area contributed by atoms with E-state index in [4.69, 9.17) is 0 Å². The van der Waals surface area contributed by atoms with E-state index in [1.807, 2.05) is 49.9 Å². The Hall–Kier alpha value is -2.61. The van der Waals surface area contributed by atoms with Gasteiger partial charge in [0.25, 0.3) is 0 Å². The van der Waals surface area contributed by atoms with Crippen molar-refractivity contribution in [2.45, 2.75) is 38.8 Å². The number of amides is 1. The van der Waals surface area contributed by atoms with E-state index < -0.39 is 0 Å². The molecule has 0 radical (unpaired) electrons. The second-order valence-corrected chi connectivity index (χ2v) is 6.90. The summed E-state index contributed by atoms with van der Waals surface area (Å²) in [5.41, 5.74) is 1.93. The summed E-state index contributed by atoms with van der Waals surface area (Å²) >= 11 is 0. The van der Waals surface area contributed by atoms with Gasteiger partial charge in [-0.1, -0.05) is 18.2 Å². The minimum Gasteiger partial charge on any atom is -0.378 e. The van der Waals surface area contributed by atoms with Gasteiger partial charge in [-0.15, -0.1) is 0 Å². The molecule has 2 heterocycles. The average Bonchev–Trinajstić information content (AvgIpc) is 2.88. The summed E-state index contributed by atoms with van der Waals surface area (Å²) in [4.78, 5) is 18.5. The molecule has 1 aliphatic heterocycles. The molecule has 2 aromatic rings. The van der Waals surface area contributed by atoms with Crippen molar-refractivity contribution in [3.05, 3.63) is 36.0 Å². The predicted molar refractivity (Wildman–Crippen MR) is 90.0 cm³/mol. The van der Waals surface area contributed by atoms with Gasteiger partial charge in [-0.2, -0.15) is 5.26 Å². The number of para-hydroxylation sites is 1. The zero-order valence-electron chi connectivity index (χ0n) is 13.6. The van der Waals surface area contributed by atoms with Gasteiger partial charge in [-0.3, -0.25) is 9.78 Å². The molecule has 1 N–H and O–H groups in total. The lowest BCUT2D eigenvalue weighted by Crippen LogP contribution is -2.43. The number of fused-ring (bicyclic) bond motifs is 1. The van der Waals surface area contributed by atoms with Crippen LogP contribution in [0.5, 0.6) is 0 Å². The van der Waals surface area contributed by atoms with Crippen LogP contribution in [0.4, 0.5) is 5.69 Å². The van der Waals surface area contributed by atoms with Crippen molar-refractivity contribution in [2.24, 2.45) is 0 Å². The lowest BCUT2D eigenvalue weighted by molar-refractivity contribution is -0.131. The molecule has 1 atom stereocenters. The van der Waals surface area contributed by atoms with Crippen molar-refractivity contribution < 1.29 is 4.79 Å². The van der Waals surface area contributed by atoms with Crippen LogP contribution in [0, 0.1) is 11.3 Å². The second-order valence-electron chi connectivity index (χ2n) is 6.90. The van der Waals surface area contributed by atoms with Gasteiger partial charge in [0.05, 0.1) is 22.8 Å². The summed E-state index contributed by atoms with van der Waals surface area (Å²) in [5.74, 6) is 0.145. The van der Waals surface area contributed by atoms with Crippen molar-refractivity contribution in [3.63, 3.8) is 0 Å². The minimum atomic E-state index is -0.189. The topological polar surface area (TPSA) is 69.0 Å². The molecule has 1 fully saturated rings. The first-order valence-corrected chi connectivity index (χ1v) is 7.75. The number of nitrogens with one attached hydrogen (secondary N) is 1. The Morgan fingerprint density at radius 3 is 2.74 bits per heavy atom. The van der Waals surface area contributed by atoms with Gasteiger partial charge in [-0.25, -0.2) is 0 Å². The van der Waals surface area contributed by atoms with Crippen molar-refractivity contribution in [3.8, 4) is 6.07 Å². The second kappa shape index (κ2) is 5.54. The lowest BCUT2D eigenvalue weighted by atomic mass is 10.1. The summed E-state index contributed by atoms with van der Waals surface area (Å²) in [5, 5.41) is 13.7. The number of carbonyl (C=O) groups is 1. The molecule has 118 valence electrons. The third-order valence-electron chi connectivity index (χ3n) is 4.18. The standard InChI is InChI=1S/C18H20N4O/c1-18(2,3)22-11-13(8-16(22)23)21-17-12(9-19)10-20-15-7-5-4-6-14(15)17/h4-7,10,13H,8,11H2,1-3H3,(H,20,21). The van der Waals surface area contributed by atoms with E-state index in [0.717, 1.165) is 16.6 Å². The molecule has 23 heavy (non-hydrogen) atoms. The van der Waals surface area contributed by atoms with Crippen molar-refractivity contribution in [1.29, 1.82) is 5.26 Å². The van der Waals surface area contributed by atoms with Crippen LogP contribution in [0.15, 0.2) is 30.5 Å². The van der Waals surface area contributed by atoms with E-state index in [2.05, 4.69) is 16.4 Å². The normalized spacial score (nSPS) is 18.3. The van der Waals surface area contributed by atoms with Crippen molar-refractivity contribution >= 4 is 22.5 Å². The van der Waals surface area contributed by atoms with Crippen LogP contribution >= 0.6 is 0 Å². The summed E-state index contributed by atoms with van der Waals surface area (Å²) in [6.45, 7) is 6.76. The number of carbonyl (C=O) groups excluding carboxylic acids is 1. The molecule has 0 saturated carbocycles. The average molecular weight is 308 g/mol. The number of hydrogen-bond acceptors (Lipinski definition) is 4. The largest absolute Gasteiger partial charge is 0.378 e. The van der Waals surface area contributed by atoms with Crippen molar-refractivity contribution in [2.75, 3.05) is 11.9 Å². The van der Waals surface area contributed by atoms with E-state index in [1.54, 1.807) is 6.20 Å². The molecule has 1 aliphatic rings. The minimum absolute atomic E-state index is 0.000342. The number of benzene rings is 1. The number of nitrogens with zero attached hydrogens (tertiary/aromatic N) is 3. The monoisotopic (exact) mass is 308 g/mol. The first-order chi connectivity index (χ1) is 10.9. The Kier molecular flexibility index (Phi) is 3.69. The molecule has 0 bridgehead atoms. The molecule has 0 aliphatic carbocycles. The number of hydrogen-bond donors (Lipinski definition) is 1. The van der Waals surface area contributed by atoms with Crippen LogP contribution in [-0.4, -0.2) is 33.9 Å². The molecule has 1 saturated heterocycles. The number of aromatic nitrogens is 1. The first-order valence-electron chi connectivity index (χ1n) is 7.75. The van der Waals surface area contributed by atoms with Gasteiger partial charge < -0.3 is 10.2 Å². The number of anilines is 1. The predicted octanol–water partition coefficient (Wildman–Crippen LogP) is 2.92. The smallest absolute Gasteiger partial charge is 0.225 e. The van der Waals surface area contributed by atoms with E-state index in [9.17, 15) is 10.1 Å². The fraction of sp³-hybridized carbons (Fsp3) is 0.389. The maximum Gasteiger partial charge on any atom is 0.225 e. The zero-order valence-corrected chi connectivity index (χ0v) is 13.6. The molecule has 5 heteroatoms. The zero-order chi connectivity index (χ0) is 16.6. The van der Waals surface area contributed by atoms with Crippen LogP contribution < -0.4 is 5.32 Å². The van der Waals surface area contributed by atoms with Crippen LogP contribution in [0.1, 0.15) is 32.8 Å². The van der Waals surface area contributed by atoms with E-state index in [1.165, 1.54) is 0 Å². The van der Waals surface area contributed by atoms with E-state index >= 15 is 0 Å². The Morgan fingerprint density at radius 2 is 2.09 bits per heavy atom. The summed E-state index contributed by atoms with van der Waals surface area (Å²) < 4.78 is 0.